The van der Waals surface area contributed by atoms with E-state index in [4.69, 9.17) is 28.3 Å². The number of benzene rings is 1. The summed E-state index contributed by atoms with van der Waals surface area (Å²) in [4.78, 5) is 22.8. The number of carboxylic acid groups (broad SMARTS) is 1. The molecule has 2 aromatic rings. The summed E-state index contributed by atoms with van der Waals surface area (Å²) >= 11 is 11.4. The van der Waals surface area contributed by atoms with Gasteiger partial charge in [0.2, 0.25) is 0 Å². The minimum Gasteiger partial charge on any atom is -0.478 e. The fraction of sp³-hybridized carbons (Fsp3) is 0.0769. The van der Waals surface area contributed by atoms with E-state index in [-0.39, 0.29) is 28.0 Å². The van der Waals surface area contributed by atoms with E-state index in [2.05, 4.69) is 15.5 Å². The molecule has 0 saturated carbocycles. The van der Waals surface area contributed by atoms with Crippen LogP contribution in [0.5, 0.6) is 0 Å². The van der Waals surface area contributed by atoms with E-state index in [1.807, 2.05) is 0 Å². The van der Waals surface area contributed by atoms with Crippen molar-refractivity contribution in [2.24, 2.45) is 0 Å². The first-order valence-corrected chi connectivity index (χ1v) is 6.52. The number of rotatable bonds is 4. The third-order valence-corrected chi connectivity index (χ3v) is 3.05. The van der Waals surface area contributed by atoms with Crippen molar-refractivity contribution in [3.05, 3.63) is 57.3 Å². The lowest BCUT2D eigenvalue weighted by Crippen LogP contribution is -2.23. The molecule has 0 aliphatic carbocycles. The maximum Gasteiger partial charge on any atom is 0.335 e. The number of hydrogen-bond donors (Lipinski definition) is 2. The maximum absolute atomic E-state index is 12.0. The minimum atomic E-state index is -1.03. The third-order valence-electron chi connectivity index (χ3n) is 2.59. The highest BCUT2D eigenvalue weighted by Crippen LogP contribution is 2.15. The fourth-order valence-electron chi connectivity index (χ4n) is 1.60. The molecule has 0 radical (unpaired) electrons. The summed E-state index contributed by atoms with van der Waals surface area (Å²) < 4.78 is 0. The van der Waals surface area contributed by atoms with Gasteiger partial charge >= 0.3 is 5.97 Å². The van der Waals surface area contributed by atoms with Crippen LogP contribution < -0.4 is 5.32 Å². The third kappa shape index (κ3) is 3.90. The Kier molecular flexibility index (Phi) is 4.72. The van der Waals surface area contributed by atoms with Gasteiger partial charge in [0.15, 0.2) is 10.3 Å². The van der Waals surface area contributed by atoms with Gasteiger partial charge in [-0.1, -0.05) is 35.3 Å². The van der Waals surface area contributed by atoms with Gasteiger partial charge in [-0.25, -0.2) is 4.79 Å². The van der Waals surface area contributed by atoms with Crippen LogP contribution in [-0.2, 0) is 6.54 Å². The van der Waals surface area contributed by atoms with Gasteiger partial charge in [0, 0.05) is 6.54 Å². The predicted molar refractivity (Wildman–Crippen MR) is 76.6 cm³/mol. The highest BCUT2D eigenvalue weighted by molar-refractivity contribution is 6.34. The van der Waals surface area contributed by atoms with Crippen LogP contribution in [0.2, 0.25) is 10.3 Å². The van der Waals surface area contributed by atoms with Gasteiger partial charge < -0.3 is 10.4 Å². The summed E-state index contributed by atoms with van der Waals surface area (Å²) in [7, 11) is 0. The Hall–Kier alpha value is -2.18. The molecule has 2 rings (SSSR count). The van der Waals surface area contributed by atoms with Gasteiger partial charge in [-0.2, -0.15) is 0 Å². The van der Waals surface area contributed by atoms with Crippen LogP contribution in [0.4, 0.5) is 0 Å². The molecule has 0 unspecified atom stereocenters. The molecule has 2 N–H and O–H groups in total. The summed E-state index contributed by atoms with van der Waals surface area (Å²) in [6, 6.07) is 7.55. The number of aromatic nitrogens is 2. The Labute approximate surface area is 129 Å². The Bertz CT molecular complexity index is 707. The number of nitrogens with zero attached hydrogens (tertiary/aromatic N) is 2. The van der Waals surface area contributed by atoms with E-state index < -0.39 is 11.9 Å². The molecule has 1 aromatic heterocycles. The molecular weight excluding hydrogens is 317 g/mol. The van der Waals surface area contributed by atoms with Crippen LogP contribution in [-0.4, -0.2) is 27.2 Å². The average Bonchev–Trinajstić information content (AvgIpc) is 2.47. The molecule has 0 aliphatic heterocycles. The summed E-state index contributed by atoms with van der Waals surface area (Å²) in [6.45, 7) is 0.149. The number of carbonyl (C=O) groups is 2. The molecule has 0 spiro atoms. The Morgan fingerprint density at radius 2 is 1.95 bits per heavy atom. The molecule has 0 bridgehead atoms. The van der Waals surface area contributed by atoms with E-state index in [9.17, 15) is 9.59 Å². The van der Waals surface area contributed by atoms with Crippen molar-refractivity contribution in [3.8, 4) is 0 Å². The minimum absolute atomic E-state index is 0.0532. The van der Waals surface area contributed by atoms with E-state index in [1.54, 1.807) is 12.1 Å². The first-order chi connectivity index (χ1) is 9.97. The zero-order chi connectivity index (χ0) is 15.4. The highest BCUT2D eigenvalue weighted by atomic mass is 35.5. The van der Waals surface area contributed by atoms with Gasteiger partial charge in [-0.3, -0.25) is 4.79 Å². The SMILES string of the molecule is O=C(O)c1cccc(CNC(=O)c2cc(Cl)nnc2Cl)c1. The first-order valence-electron chi connectivity index (χ1n) is 5.76. The molecule has 0 atom stereocenters. The van der Waals surface area contributed by atoms with Crippen LogP contribution in [0.3, 0.4) is 0 Å². The number of carboxylic acids is 1. The van der Waals surface area contributed by atoms with Crippen LogP contribution in [0.15, 0.2) is 30.3 Å². The highest BCUT2D eigenvalue weighted by Gasteiger charge is 2.13. The standard InChI is InChI=1S/C13H9Cl2N3O3/c14-10-5-9(11(15)18-17-10)12(19)16-6-7-2-1-3-8(4-7)13(20)21/h1-5H,6H2,(H,16,19)(H,20,21). The molecule has 0 aliphatic rings. The summed E-state index contributed by atoms with van der Waals surface area (Å²) in [5.41, 5.74) is 0.895. The van der Waals surface area contributed by atoms with Crippen LogP contribution >= 0.6 is 23.2 Å². The molecule has 108 valence electrons. The van der Waals surface area contributed by atoms with Crippen LogP contribution in [0.25, 0.3) is 0 Å². The van der Waals surface area contributed by atoms with Crippen LogP contribution in [0, 0.1) is 0 Å². The van der Waals surface area contributed by atoms with Crippen molar-refractivity contribution >= 4 is 35.1 Å². The number of halogens is 2. The quantitative estimate of drug-likeness (QED) is 0.900. The first kappa shape index (κ1) is 15.2. The lowest BCUT2D eigenvalue weighted by atomic mass is 10.1. The van der Waals surface area contributed by atoms with Crippen molar-refractivity contribution in [2.45, 2.75) is 6.54 Å². The zero-order valence-electron chi connectivity index (χ0n) is 10.5. The zero-order valence-corrected chi connectivity index (χ0v) is 12.0. The number of aromatic carboxylic acids is 1. The Balaban J connectivity index is 2.09. The summed E-state index contributed by atoms with van der Waals surface area (Å²) in [5, 5.41) is 18.5. The van der Waals surface area contributed by atoms with Crippen molar-refractivity contribution < 1.29 is 14.7 Å². The molecule has 21 heavy (non-hydrogen) atoms. The van der Waals surface area contributed by atoms with Gasteiger partial charge in [0.25, 0.3) is 5.91 Å². The molecule has 8 heteroatoms. The molecule has 6 nitrogen and oxygen atoms in total. The van der Waals surface area contributed by atoms with Gasteiger partial charge in [0.1, 0.15) is 0 Å². The topological polar surface area (TPSA) is 92.2 Å². The Morgan fingerprint density at radius 1 is 1.19 bits per heavy atom. The number of carbonyl (C=O) groups excluding carboxylic acids is 1. The predicted octanol–water partition coefficient (Wildman–Crippen LogP) is 2.41. The smallest absolute Gasteiger partial charge is 0.335 e. The van der Waals surface area contributed by atoms with E-state index in [0.717, 1.165) is 0 Å². The van der Waals surface area contributed by atoms with Gasteiger partial charge in [0.05, 0.1) is 11.1 Å². The van der Waals surface area contributed by atoms with Crippen LogP contribution in [0.1, 0.15) is 26.3 Å². The summed E-state index contributed by atoms with van der Waals surface area (Å²) in [5.74, 6) is -1.51. The molecule has 1 heterocycles. The fourth-order valence-corrected chi connectivity index (χ4v) is 1.93. The average molecular weight is 326 g/mol. The van der Waals surface area contributed by atoms with E-state index in [1.165, 1.54) is 18.2 Å². The second-order valence-corrected chi connectivity index (χ2v) is 4.81. The Morgan fingerprint density at radius 3 is 2.67 bits per heavy atom. The number of amides is 1. The molecule has 1 amide bonds. The monoisotopic (exact) mass is 325 g/mol. The molecule has 1 aromatic carbocycles. The molecular formula is C13H9Cl2N3O3. The lowest BCUT2D eigenvalue weighted by molar-refractivity contribution is 0.0696. The normalized spacial score (nSPS) is 10.2. The second-order valence-electron chi connectivity index (χ2n) is 4.06. The molecule has 0 fully saturated rings. The second kappa shape index (κ2) is 6.51. The van der Waals surface area contributed by atoms with Crippen molar-refractivity contribution in [1.29, 1.82) is 0 Å². The summed E-state index contributed by atoms with van der Waals surface area (Å²) in [6.07, 6.45) is 0. The largest absolute Gasteiger partial charge is 0.478 e. The van der Waals surface area contributed by atoms with Crippen molar-refractivity contribution in [2.75, 3.05) is 0 Å². The molecule has 0 saturated heterocycles. The van der Waals surface area contributed by atoms with E-state index >= 15 is 0 Å². The number of nitrogens with one attached hydrogen (secondary N) is 1. The van der Waals surface area contributed by atoms with Crippen molar-refractivity contribution in [3.63, 3.8) is 0 Å². The lowest BCUT2D eigenvalue weighted by Gasteiger charge is -2.07. The van der Waals surface area contributed by atoms with Crippen molar-refractivity contribution in [1.82, 2.24) is 15.5 Å². The number of hydrogen-bond acceptors (Lipinski definition) is 4. The van der Waals surface area contributed by atoms with Gasteiger partial charge in [-0.05, 0) is 23.8 Å². The van der Waals surface area contributed by atoms with Gasteiger partial charge in [-0.15, -0.1) is 10.2 Å². The maximum atomic E-state index is 12.0. The van der Waals surface area contributed by atoms with E-state index in [0.29, 0.717) is 5.56 Å².